The molecule has 3 unspecified atom stereocenters. The highest BCUT2D eigenvalue weighted by Gasteiger charge is 1.90. The van der Waals surface area contributed by atoms with E-state index in [2.05, 4.69) is 9.24 Å². The third-order valence-corrected chi connectivity index (χ3v) is 1.00. The largest absolute Gasteiger partial charge is 0.481 e. The van der Waals surface area contributed by atoms with E-state index in [1.807, 2.05) is 0 Å². The van der Waals surface area contributed by atoms with Gasteiger partial charge in [0, 0.05) is 6.42 Å². The molecule has 0 aromatic heterocycles. The summed E-state index contributed by atoms with van der Waals surface area (Å²) in [5, 5.41) is 8.04. The van der Waals surface area contributed by atoms with Gasteiger partial charge in [0.2, 0.25) is 0 Å². The zero-order valence-corrected chi connectivity index (χ0v) is 15.8. The van der Waals surface area contributed by atoms with Crippen molar-refractivity contribution in [2.24, 2.45) is 0 Å². The molecule has 0 aliphatic carbocycles. The molecule has 0 spiro atoms. The highest BCUT2D eigenvalue weighted by molar-refractivity contribution is 8.93. The molecular weight excluding hydrogens is 413 g/mol. The summed E-state index contributed by atoms with van der Waals surface area (Å²) in [6.45, 7) is 0. The van der Waals surface area contributed by atoms with Crippen LogP contribution in [0.2, 0.25) is 0 Å². The van der Waals surface area contributed by atoms with E-state index in [0.717, 1.165) is 12.6 Å². The van der Waals surface area contributed by atoms with Gasteiger partial charge in [-0.2, -0.15) is 19.8 Å². The number of aliphatic carboxylic acids is 1. The average molecular weight is 431 g/mol. The molecular formula is C4H18Br3O2P3. The molecule has 2 nitrogen and oxygen atoms in total. The quantitative estimate of drug-likeness (QED) is 0.699. The summed E-state index contributed by atoms with van der Waals surface area (Å²) in [4.78, 5) is 9.75. The maximum Gasteiger partial charge on any atom is 0.303 e. The lowest BCUT2D eigenvalue weighted by Gasteiger charge is -1.85. The molecule has 8 heteroatoms. The summed E-state index contributed by atoms with van der Waals surface area (Å²) >= 11 is 0. The summed E-state index contributed by atoms with van der Waals surface area (Å²) < 4.78 is 0. The fourth-order valence-corrected chi connectivity index (χ4v) is 0.457. The van der Waals surface area contributed by atoms with Crippen molar-refractivity contribution in [1.82, 2.24) is 0 Å². The van der Waals surface area contributed by atoms with Gasteiger partial charge in [-0.3, -0.25) is 4.79 Å². The lowest BCUT2D eigenvalue weighted by molar-refractivity contribution is -0.137. The molecule has 3 atom stereocenters. The van der Waals surface area contributed by atoms with Crippen LogP contribution in [0.5, 0.6) is 0 Å². The second-order valence-electron chi connectivity index (χ2n) is 1.29. The monoisotopic (exact) mass is 428 g/mol. The molecule has 0 fully saturated rings. The van der Waals surface area contributed by atoms with Gasteiger partial charge in [-0.15, -0.1) is 60.2 Å². The minimum absolute atomic E-state index is 0. The van der Waals surface area contributed by atoms with Crippen molar-refractivity contribution in [2.75, 3.05) is 6.16 Å². The minimum atomic E-state index is -0.706. The highest BCUT2D eigenvalue weighted by atomic mass is 79.9. The number of carbonyl (C=O) groups is 1. The van der Waals surface area contributed by atoms with Crippen LogP contribution in [0.25, 0.3) is 0 Å². The summed E-state index contributed by atoms with van der Waals surface area (Å²) in [7, 11) is 2.48. The van der Waals surface area contributed by atoms with Crippen molar-refractivity contribution in [2.45, 2.75) is 12.8 Å². The molecule has 0 rings (SSSR count). The van der Waals surface area contributed by atoms with E-state index in [-0.39, 0.29) is 70.7 Å². The Morgan fingerprint density at radius 2 is 1.50 bits per heavy atom. The second-order valence-corrected chi connectivity index (χ2v) is 1.86. The van der Waals surface area contributed by atoms with Crippen molar-refractivity contribution >= 4 is 86.0 Å². The molecule has 0 saturated carbocycles. The van der Waals surface area contributed by atoms with Gasteiger partial charge in [0.15, 0.2) is 0 Å². The van der Waals surface area contributed by atoms with Crippen molar-refractivity contribution in [3.05, 3.63) is 0 Å². The van der Waals surface area contributed by atoms with Gasteiger partial charge < -0.3 is 5.11 Å². The normalized spacial score (nSPS) is 5.08. The first-order valence-electron chi connectivity index (χ1n) is 2.19. The Labute approximate surface area is 114 Å². The van der Waals surface area contributed by atoms with Crippen LogP contribution < -0.4 is 0 Å². The number of rotatable bonds is 3. The number of hydrogen-bond acceptors (Lipinski definition) is 1. The first-order valence-corrected chi connectivity index (χ1v) is 3.01. The van der Waals surface area contributed by atoms with Crippen LogP contribution in [0.15, 0.2) is 0 Å². The van der Waals surface area contributed by atoms with Crippen LogP contribution in [0.4, 0.5) is 0 Å². The van der Waals surface area contributed by atoms with Crippen molar-refractivity contribution < 1.29 is 9.90 Å². The summed E-state index contributed by atoms with van der Waals surface area (Å²) in [5.41, 5.74) is 0. The third kappa shape index (κ3) is 39.8. The topological polar surface area (TPSA) is 37.3 Å². The molecule has 1 N–H and O–H groups in total. The number of hydrogen-bond donors (Lipinski definition) is 1. The predicted molar refractivity (Wildman–Crippen MR) is 84.6 cm³/mol. The number of carboxylic acids is 1. The van der Waals surface area contributed by atoms with Gasteiger partial charge in [0.05, 0.1) is 0 Å². The maximum atomic E-state index is 9.75. The predicted octanol–water partition coefficient (Wildman–Crippen LogP) is 2.58. The van der Waals surface area contributed by atoms with Crippen LogP contribution in [0, 0.1) is 0 Å². The standard InChI is InChI=1S/C4H9O2P.3BrH.2H3P/c5-4(6)2-1-3-7;;;;;/h1-3,7H2,(H,5,6);3*1H;2*1H3. The van der Waals surface area contributed by atoms with Gasteiger partial charge in [0.25, 0.3) is 0 Å². The van der Waals surface area contributed by atoms with Crippen LogP contribution >= 0.6 is 80.0 Å². The van der Waals surface area contributed by atoms with Crippen LogP contribution in [0.3, 0.4) is 0 Å². The van der Waals surface area contributed by atoms with Gasteiger partial charge >= 0.3 is 5.97 Å². The molecule has 0 heterocycles. The SMILES string of the molecule is Br.Br.Br.O=C(O)CCCP.P.P. The Balaban J connectivity index is -0.0000000180. The summed E-state index contributed by atoms with van der Waals surface area (Å²) in [5.74, 6) is -0.706. The molecule has 82 valence electrons. The zero-order chi connectivity index (χ0) is 5.70. The lowest BCUT2D eigenvalue weighted by atomic mass is 10.3. The van der Waals surface area contributed by atoms with Gasteiger partial charge in [-0.05, 0) is 12.6 Å². The van der Waals surface area contributed by atoms with Gasteiger partial charge in [0.1, 0.15) is 0 Å². The van der Waals surface area contributed by atoms with Crippen LogP contribution in [0.1, 0.15) is 12.8 Å². The molecule has 0 amide bonds. The van der Waals surface area contributed by atoms with Crippen LogP contribution in [-0.2, 0) is 4.79 Å². The number of halogens is 3. The second kappa shape index (κ2) is 29.2. The highest BCUT2D eigenvalue weighted by Crippen LogP contribution is 1.92. The van der Waals surface area contributed by atoms with E-state index >= 15 is 0 Å². The minimum Gasteiger partial charge on any atom is -0.481 e. The Hall–Kier alpha value is 2.20. The Bertz CT molecular complexity index is 76.6. The van der Waals surface area contributed by atoms with E-state index in [1.54, 1.807) is 0 Å². The third-order valence-electron chi connectivity index (χ3n) is 0.595. The number of carboxylic acid groups (broad SMARTS) is 1. The fraction of sp³-hybridized carbons (Fsp3) is 0.750. The van der Waals surface area contributed by atoms with E-state index in [4.69, 9.17) is 5.11 Å². The molecule has 0 aromatic carbocycles. The van der Waals surface area contributed by atoms with E-state index in [9.17, 15) is 4.79 Å². The molecule has 12 heavy (non-hydrogen) atoms. The van der Waals surface area contributed by atoms with Gasteiger partial charge in [-0.1, -0.05) is 0 Å². The summed E-state index contributed by atoms with van der Waals surface area (Å²) in [6, 6.07) is 0. The Morgan fingerprint density at radius 1 is 1.17 bits per heavy atom. The van der Waals surface area contributed by atoms with E-state index in [0.29, 0.717) is 6.42 Å². The van der Waals surface area contributed by atoms with Crippen LogP contribution in [-0.4, -0.2) is 17.2 Å². The lowest BCUT2D eigenvalue weighted by Crippen LogP contribution is -1.93. The smallest absolute Gasteiger partial charge is 0.303 e. The zero-order valence-electron chi connectivity index (χ0n) is 6.69. The molecule has 0 saturated heterocycles. The molecule has 0 aliphatic rings. The van der Waals surface area contributed by atoms with Crippen molar-refractivity contribution in [3.63, 3.8) is 0 Å². The van der Waals surface area contributed by atoms with Gasteiger partial charge in [-0.25, -0.2) is 0 Å². The maximum absolute atomic E-state index is 9.75. The summed E-state index contributed by atoms with van der Waals surface area (Å²) in [6.07, 6.45) is 1.94. The molecule has 0 bridgehead atoms. The molecule has 0 aliphatic heterocycles. The van der Waals surface area contributed by atoms with E-state index in [1.165, 1.54) is 0 Å². The Morgan fingerprint density at radius 3 is 1.58 bits per heavy atom. The van der Waals surface area contributed by atoms with E-state index < -0.39 is 5.97 Å². The Kier molecular flexibility index (Phi) is 89.6. The fourth-order valence-electron chi connectivity index (χ4n) is 0.253. The molecule has 0 radical (unpaired) electrons. The first-order chi connectivity index (χ1) is 3.27. The first kappa shape index (κ1) is 36.8. The average Bonchev–Trinajstić information content (AvgIpc) is 1.61. The van der Waals surface area contributed by atoms with Crippen molar-refractivity contribution in [3.8, 4) is 0 Å². The molecule has 0 aromatic rings. The van der Waals surface area contributed by atoms with Crippen molar-refractivity contribution in [1.29, 1.82) is 0 Å².